The molecular formula is C18H24FN3OS. The maximum Gasteiger partial charge on any atom is 0.180 e. The first-order valence-corrected chi connectivity index (χ1v) is 9.21. The maximum absolute atomic E-state index is 14.4. The molecule has 0 amide bonds. The first kappa shape index (κ1) is 17.2. The van der Waals surface area contributed by atoms with E-state index in [0.29, 0.717) is 23.3 Å². The number of nitrogens with two attached hydrogens (primary N) is 1. The van der Waals surface area contributed by atoms with Crippen LogP contribution in [0, 0.1) is 5.82 Å². The van der Waals surface area contributed by atoms with Crippen molar-refractivity contribution in [2.24, 2.45) is 0 Å². The van der Waals surface area contributed by atoms with Crippen LogP contribution in [0.2, 0.25) is 0 Å². The molecule has 0 unspecified atom stereocenters. The minimum atomic E-state index is -0.348. The molecule has 6 heteroatoms. The standard InChI is InChI=1S/C18H24FN3OS/c1-4-12-8-13(9-14(19)17(12)23-3)16-15(24-18(20)21-16)10-22-7-5-6-11(22)2/h8-9,11H,4-7,10H2,1-3H3,(H2,20,21)/t11-/m1/s1. The summed E-state index contributed by atoms with van der Waals surface area (Å²) >= 11 is 1.50. The maximum atomic E-state index is 14.4. The Morgan fingerprint density at radius 3 is 2.88 bits per heavy atom. The van der Waals surface area contributed by atoms with Crippen LogP contribution in [0.4, 0.5) is 9.52 Å². The number of anilines is 1. The van der Waals surface area contributed by atoms with Crippen molar-refractivity contribution in [1.82, 2.24) is 9.88 Å². The summed E-state index contributed by atoms with van der Waals surface area (Å²) in [6.07, 6.45) is 3.15. The van der Waals surface area contributed by atoms with E-state index >= 15 is 0 Å². The number of methoxy groups -OCH3 is 1. The Morgan fingerprint density at radius 2 is 2.25 bits per heavy atom. The van der Waals surface area contributed by atoms with E-state index in [1.54, 1.807) is 0 Å². The van der Waals surface area contributed by atoms with Crippen LogP contribution in [0.25, 0.3) is 11.3 Å². The van der Waals surface area contributed by atoms with Crippen molar-refractivity contribution in [3.05, 3.63) is 28.4 Å². The number of rotatable bonds is 5. The van der Waals surface area contributed by atoms with Crippen molar-refractivity contribution in [2.45, 2.75) is 45.7 Å². The van der Waals surface area contributed by atoms with E-state index in [9.17, 15) is 4.39 Å². The summed E-state index contributed by atoms with van der Waals surface area (Å²) in [5, 5.41) is 0.529. The fraction of sp³-hybridized carbons (Fsp3) is 0.500. The largest absolute Gasteiger partial charge is 0.493 e. The van der Waals surface area contributed by atoms with Gasteiger partial charge in [-0.05, 0) is 50.4 Å². The van der Waals surface area contributed by atoms with Gasteiger partial charge in [0.2, 0.25) is 0 Å². The highest BCUT2D eigenvalue weighted by Gasteiger charge is 2.24. The van der Waals surface area contributed by atoms with E-state index in [1.165, 1.54) is 37.4 Å². The number of thiazole rings is 1. The van der Waals surface area contributed by atoms with Gasteiger partial charge >= 0.3 is 0 Å². The fourth-order valence-corrected chi connectivity index (χ4v) is 4.27. The highest BCUT2D eigenvalue weighted by Crippen LogP contribution is 2.36. The molecule has 3 rings (SSSR count). The van der Waals surface area contributed by atoms with Crippen molar-refractivity contribution < 1.29 is 9.13 Å². The third-order valence-corrected chi connectivity index (χ3v) is 5.60. The Labute approximate surface area is 146 Å². The molecule has 0 saturated carbocycles. The second kappa shape index (κ2) is 7.07. The van der Waals surface area contributed by atoms with Gasteiger partial charge in [0.25, 0.3) is 0 Å². The number of halogens is 1. The van der Waals surface area contributed by atoms with Crippen molar-refractivity contribution in [2.75, 3.05) is 19.4 Å². The number of nitrogens with zero attached hydrogens (tertiary/aromatic N) is 2. The van der Waals surface area contributed by atoms with Crippen molar-refractivity contribution in [1.29, 1.82) is 0 Å². The van der Waals surface area contributed by atoms with Gasteiger partial charge in [0.05, 0.1) is 12.8 Å². The Balaban J connectivity index is 1.99. The molecule has 1 aliphatic heterocycles. The van der Waals surface area contributed by atoms with Gasteiger partial charge in [-0.2, -0.15) is 0 Å². The fourth-order valence-electron chi connectivity index (χ4n) is 3.39. The van der Waals surface area contributed by atoms with Gasteiger partial charge in [-0.1, -0.05) is 6.92 Å². The molecule has 2 aromatic rings. The Hall–Kier alpha value is -1.66. The summed E-state index contributed by atoms with van der Waals surface area (Å²) in [7, 11) is 1.50. The van der Waals surface area contributed by atoms with Crippen molar-refractivity contribution in [3.63, 3.8) is 0 Å². The minimum Gasteiger partial charge on any atom is -0.493 e. The number of aryl methyl sites for hydroxylation is 1. The Morgan fingerprint density at radius 1 is 1.46 bits per heavy atom. The summed E-state index contributed by atoms with van der Waals surface area (Å²) in [4.78, 5) is 8.03. The lowest BCUT2D eigenvalue weighted by Gasteiger charge is -2.20. The number of benzene rings is 1. The number of hydrogen-bond donors (Lipinski definition) is 1. The number of hydrogen-bond acceptors (Lipinski definition) is 5. The number of nitrogen functional groups attached to an aromatic ring is 1. The van der Waals surface area contributed by atoms with E-state index in [4.69, 9.17) is 10.5 Å². The molecule has 130 valence electrons. The third kappa shape index (κ3) is 3.26. The highest BCUT2D eigenvalue weighted by atomic mass is 32.1. The molecule has 1 aromatic carbocycles. The topological polar surface area (TPSA) is 51.4 Å². The van der Waals surface area contributed by atoms with Crippen LogP contribution in [0.5, 0.6) is 5.75 Å². The van der Waals surface area contributed by atoms with Gasteiger partial charge in [-0.15, -0.1) is 11.3 Å². The molecule has 0 radical (unpaired) electrons. The second-order valence-electron chi connectivity index (χ2n) is 6.29. The predicted molar refractivity (Wildman–Crippen MR) is 97.0 cm³/mol. The number of ether oxygens (including phenoxy) is 1. The summed E-state index contributed by atoms with van der Waals surface area (Å²) < 4.78 is 19.6. The summed E-state index contributed by atoms with van der Waals surface area (Å²) in [6, 6.07) is 4.04. The van der Waals surface area contributed by atoms with E-state index in [-0.39, 0.29) is 5.82 Å². The Kier molecular flexibility index (Phi) is 5.06. The first-order chi connectivity index (χ1) is 11.5. The van der Waals surface area contributed by atoms with E-state index < -0.39 is 0 Å². The molecule has 0 bridgehead atoms. The van der Waals surface area contributed by atoms with Crippen LogP contribution in [0.15, 0.2) is 12.1 Å². The Bertz CT molecular complexity index is 731. The number of aromatic nitrogens is 1. The van der Waals surface area contributed by atoms with Gasteiger partial charge in [-0.3, -0.25) is 4.90 Å². The lowest BCUT2D eigenvalue weighted by molar-refractivity contribution is 0.263. The third-order valence-electron chi connectivity index (χ3n) is 4.73. The van der Waals surface area contributed by atoms with Gasteiger partial charge in [0.1, 0.15) is 0 Å². The average molecular weight is 349 g/mol. The van der Waals surface area contributed by atoms with Crippen molar-refractivity contribution in [3.8, 4) is 17.0 Å². The normalized spacial score (nSPS) is 18.2. The average Bonchev–Trinajstić information content (AvgIpc) is 3.12. The lowest BCUT2D eigenvalue weighted by Crippen LogP contribution is -2.25. The molecular weight excluding hydrogens is 325 g/mol. The molecule has 1 aromatic heterocycles. The van der Waals surface area contributed by atoms with Gasteiger partial charge in [0.15, 0.2) is 16.7 Å². The van der Waals surface area contributed by atoms with Crippen LogP contribution in [-0.2, 0) is 13.0 Å². The summed E-state index contributed by atoms with van der Waals surface area (Å²) in [5.41, 5.74) is 8.38. The second-order valence-corrected chi connectivity index (χ2v) is 7.40. The molecule has 1 aliphatic rings. The van der Waals surface area contributed by atoms with Gasteiger partial charge < -0.3 is 10.5 Å². The van der Waals surface area contributed by atoms with Crippen LogP contribution in [0.3, 0.4) is 0 Å². The van der Waals surface area contributed by atoms with Crippen LogP contribution in [-0.4, -0.2) is 29.6 Å². The van der Waals surface area contributed by atoms with E-state index in [2.05, 4.69) is 16.8 Å². The van der Waals surface area contributed by atoms with Crippen molar-refractivity contribution >= 4 is 16.5 Å². The number of likely N-dealkylation sites (tertiary alicyclic amines) is 1. The SMILES string of the molecule is CCc1cc(-c2nc(N)sc2CN2CCC[C@H]2C)cc(F)c1OC. The van der Waals surface area contributed by atoms with Gasteiger partial charge in [-0.25, -0.2) is 9.37 Å². The highest BCUT2D eigenvalue weighted by molar-refractivity contribution is 7.15. The predicted octanol–water partition coefficient (Wildman–Crippen LogP) is 4.09. The zero-order valence-electron chi connectivity index (χ0n) is 14.4. The van der Waals surface area contributed by atoms with Crippen LogP contribution >= 0.6 is 11.3 Å². The van der Waals surface area contributed by atoms with E-state index in [1.807, 2.05) is 13.0 Å². The quantitative estimate of drug-likeness (QED) is 0.883. The summed E-state index contributed by atoms with van der Waals surface area (Å²) in [5.74, 6) is -0.0296. The minimum absolute atomic E-state index is 0.319. The molecule has 0 aliphatic carbocycles. The molecule has 4 nitrogen and oxygen atoms in total. The molecule has 2 heterocycles. The molecule has 1 fully saturated rings. The first-order valence-electron chi connectivity index (χ1n) is 8.39. The zero-order valence-corrected chi connectivity index (χ0v) is 15.3. The monoisotopic (exact) mass is 349 g/mol. The van der Waals surface area contributed by atoms with E-state index in [0.717, 1.165) is 34.8 Å². The van der Waals surface area contributed by atoms with Crippen LogP contribution in [0.1, 0.15) is 37.1 Å². The molecule has 24 heavy (non-hydrogen) atoms. The molecule has 1 atom stereocenters. The lowest BCUT2D eigenvalue weighted by atomic mass is 10.0. The smallest absolute Gasteiger partial charge is 0.180 e. The molecule has 1 saturated heterocycles. The molecule has 2 N–H and O–H groups in total. The van der Waals surface area contributed by atoms with Gasteiger partial charge in [0, 0.05) is 23.0 Å². The molecule has 0 spiro atoms. The summed E-state index contributed by atoms with van der Waals surface area (Å²) in [6.45, 7) is 6.15. The zero-order chi connectivity index (χ0) is 17.3. The van der Waals surface area contributed by atoms with Crippen LogP contribution < -0.4 is 10.5 Å².